The summed E-state index contributed by atoms with van der Waals surface area (Å²) in [6, 6.07) is 2.22. The number of hydrogen-bond acceptors (Lipinski definition) is 4. The Morgan fingerprint density at radius 2 is 1.68 bits per heavy atom. The average Bonchev–Trinajstić information content (AvgIpc) is 3.49. The molecule has 7 nitrogen and oxygen atoms in total. The topological polar surface area (TPSA) is 92.5 Å². The van der Waals surface area contributed by atoms with E-state index >= 15 is 4.39 Å². The molecule has 0 atom stereocenters. The lowest BCUT2D eigenvalue weighted by Gasteiger charge is -2.30. The molecule has 0 unspecified atom stereocenters. The summed E-state index contributed by atoms with van der Waals surface area (Å²) >= 11 is 12.5. The molecule has 2 fully saturated rings. The zero-order valence-corrected chi connectivity index (χ0v) is 23.3. The number of alkyl halides is 4. The van der Waals surface area contributed by atoms with Gasteiger partial charge in [-0.05, 0) is 63.1 Å². The van der Waals surface area contributed by atoms with Gasteiger partial charge in [0.05, 0.1) is 52.4 Å². The second-order valence-corrected chi connectivity index (χ2v) is 11.6. The summed E-state index contributed by atoms with van der Waals surface area (Å²) in [6.07, 6.45) is -2.29. The van der Waals surface area contributed by atoms with Crippen LogP contribution in [-0.2, 0) is 11.0 Å². The summed E-state index contributed by atoms with van der Waals surface area (Å²) < 4.78 is 59.4. The molecule has 2 aliphatic rings. The molecule has 0 spiro atoms. The molecule has 2 aromatic rings. The minimum atomic E-state index is -4.99. The first kappa shape index (κ1) is 30.3. The van der Waals surface area contributed by atoms with Crippen molar-refractivity contribution in [2.45, 2.75) is 76.2 Å². The van der Waals surface area contributed by atoms with E-state index in [0.717, 1.165) is 15.8 Å². The normalized spacial score (nSPS) is 20.9. The Kier molecular flexibility index (Phi) is 8.85. The van der Waals surface area contributed by atoms with Crippen molar-refractivity contribution in [2.75, 3.05) is 13.1 Å². The molecule has 0 saturated heterocycles. The lowest BCUT2D eigenvalue weighted by Crippen LogP contribution is -2.45. The highest BCUT2D eigenvalue weighted by Gasteiger charge is 2.45. The van der Waals surface area contributed by atoms with Crippen LogP contribution in [-0.4, -0.2) is 56.2 Å². The number of Topliss-reactive ketones (excluding diaryl/α,β-unsaturated/α-hetero) is 1. The number of nitrogens with zero attached hydrogens (tertiary/aromatic N) is 3. The maximum absolute atomic E-state index is 15.6. The van der Waals surface area contributed by atoms with Gasteiger partial charge in [0.2, 0.25) is 0 Å². The molecule has 4 rings (SSSR count). The number of aromatic nitrogens is 2. The van der Waals surface area contributed by atoms with Crippen molar-refractivity contribution in [1.82, 2.24) is 14.7 Å². The van der Waals surface area contributed by atoms with E-state index < -0.39 is 65.8 Å². The number of carboxylic acids is 1. The largest absolute Gasteiger partial charge is 0.481 e. The summed E-state index contributed by atoms with van der Waals surface area (Å²) in [5, 5.41) is 13.1. The number of carbonyl (C=O) groups excluding carboxylic acids is 2. The molecule has 13 heteroatoms. The van der Waals surface area contributed by atoms with Crippen molar-refractivity contribution in [3.05, 3.63) is 50.8 Å². The van der Waals surface area contributed by atoms with E-state index in [1.165, 1.54) is 12.1 Å². The summed E-state index contributed by atoms with van der Waals surface area (Å²) in [6.45, 7) is 0.392. The van der Waals surface area contributed by atoms with Gasteiger partial charge in [-0.3, -0.25) is 19.1 Å². The lowest BCUT2D eigenvalue weighted by atomic mass is 9.86. The molecule has 40 heavy (non-hydrogen) atoms. The van der Waals surface area contributed by atoms with Gasteiger partial charge in [0, 0.05) is 0 Å². The number of halogens is 6. The fraction of sp³-hybridized carbons (Fsp3) is 0.556. The minimum absolute atomic E-state index is 0.0130. The van der Waals surface area contributed by atoms with E-state index in [1.54, 1.807) is 6.92 Å². The van der Waals surface area contributed by atoms with Crippen LogP contribution in [0.5, 0.6) is 0 Å². The number of aliphatic carboxylic acids is 1. The Labute approximate surface area is 238 Å². The van der Waals surface area contributed by atoms with Gasteiger partial charge in [0.25, 0.3) is 5.91 Å². The highest BCUT2D eigenvalue weighted by Crippen LogP contribution is 2.40. The Hall–Kier alpha value is -2.66. The number of ketones is 1. The second-order valence-electron chi connectivity index (χ2n) is 10.7. The molecule has 0 bridgehead atoms. The van der Waals surface area contributed by atoms with Gasteiger partial charge in [0.1, 0.15) is 5.67 Å². The first-order valence-corrected chi connectivity index (χ1v) is 13.8. The monoisotopic (exact) mass is 605 g/mol. The van der Waals surface area contributed by atoms with E-state index in [9.17, 15) is 32.7 Å². The molecule has 1 N–H and O–H groups in total. The van der Waals surface area contributed by atoms with Crippen LogP contribution in [0.4, 0.5) is 17.6 Å². The highest BCUT2D eigenvalue weighted by atomic mass is 35.5. The maximum atomic E-state index is 15.6. The predicted molar refractivity (Wildman–Crippen MR) is 140 cm³/mol. The lowest BCUT2D eigenvalue weighted by molar-refractivity contribution is -0.147. The van der Waals surface area contributed by atoms with E-state index in [1.807, 2.05) is 0 Å². The third-order valence-electron chi connectivity index (χ3n) is 7.75. The molecule has 1 aromatic heterocycles. The number of hydrogen-bond donors (Lipinski definition) is 1. The smallest absolute Gasteiger partial charge is 0.433 e. The van der Waals surface area contributed by atoms with Crippen LogP contribution in [0.1, 0.15) is 89.4 Å². The van der Waals surface area contributed by atoms with Gasteiger partial charge in [0.15, 0.2) is 11.5 Å². The Morgan fingerprint density at radius 1 is 1.10 bits per heavy atom. The first-order valence-electron chi connectivity index (χ1n) is 13.0. The fourth-order valence-corrected chi connectivity index (χ4v) is 6.55. The molecule has 218 valence electrons. The summed E-state index contributed by atoms with van der Waals surface area (Å²) in [7, 11) is 0. The maximum Gasteiger partial charge on any atom is 0.433 e. The Bertz CT molecular complexity index is 1280. The Balaban J connectivity index is 1.69. The van der Waals surface area contributed by atoms with Crippen molar-refractivity contribution in [2.24, 2.45) is 5.92 Å². The van der Waals surface area contributed by atoms with Crippen molar-refractivity contribution < 1.29 is 37.1 Å². The standard InChI is InChI=1S/C27H29Cl2F4N3O4/c1-15-10-19(28)22(20(29)11-15)21(37)13-35(14-26(30)8-2-3-9-26)24(38)18-12-34-36(23(18)27(31,32)33)17-6-4-16(5-7-17)25(39)40/h10-12,16-17H,2-9,13-14H2,1H3,(H,39,40)/t16-,17+. The summed E-state index contributed by atoms with van der Waals surface area (Å²) in [5.41, 5.74) is -3.40. The van der Waals surface area contributed by atoms with Crippen LogP contribution in [0.3, 0.4) is 0 Å². The van der Waals surface area contributed by atoms with Gasteiger partial charge < -0.3 is 10.0 Å². The minimum Gasteiger partial charge on any atom is -0.481 e. The first-order chi connectivity index (χ1) is 18.7. The number of carboxylic acid groups (broad SMARTS) is 1. The van der Waals surface area contributed by atoms with Gasteiger partial charge >= 0.3 is 12.1 Å². The van der Waals surface area contributed by atoms with Crippen LogP contribution in [0.25, 0.3) is 0 Å². The van der Waals surface area contributed by atoms with Gasteiger partial charge in [-0.1, -0.05) is 36.0 Å². The molecule has 1 amide bonds. The third-order valence-corrected chi connectivity index (χ3v) is 8.34. The predicted octanol–water partition coefficient (Wildman–Crippen LogP) is 6.94. The number of amides is 1. The van der Waals surface area contributed by atoms with Gasteiger partial charge in [-0.15, -0.1) is 0 Å². The molecule has 1 aromatic carbocycles. The summed E-state index contributed by atoms with van der Waals surface area (Å²) in [5.74, 6) is -3.59. The van der Waals surface area contributed by atoms with Crippen molar-refractivity contribution in [3.8, 4) is 0 Å². The average molecular weight is 606 g/mol. The van der Waals surface area contributed by atoms with Crippen LogP contribution in [0.15, 0.2) is 18.3 Å². The zero-order valence-electron chi connectivity index (χ0n) is 21.7. The quantitative estimate of drug-likeness (QED) is 0.260. The number of carbonyl (C=O) groups is 3. The second kappa shape index (κ2) is 11.7. The van der Waals surface area contributed by atoms with E-state index in [2.05, 4.69) is 5.10 Å². The molecular formula is C27H29Cl2F4N3O4. The number of benzene rings is 1. The van der Waals surface area contributed by atoms with Crippen molar-refractivity contribution in [3.63, 3.8) is 0 Å². The zero-order chi connectivity index (χ0) is 29.4. The van der Waals surface area contributed by atoms with Crippen LogP contribution < -0.4 is 0 Å². The van der Waals surface area contributed by atoms with Crippen LogP contribution in [0.2, 0.25) is 10.0 Å². The van der Waals surface area contributed by atoms with Crippen LogP contribution >= 0.6 is 23.2 Å². The van der Waals surface area contributed by atoms with E-state index in [-0.39, 0.29) is 54.1 Å². The van der Waals surface area contributed by atoms with Crippen molar-refractivity contribution >= 4 is 40.9 Å². The molecular weight excluding hydrogens is 577 g/mol. The molecule has 0 aliphatic heterocycles. The van der Waals surface area contributed by atoms with Gasteiger partial charge in [-0.2, -0.15) is 18.3 Å². The SMILES string of the molecule is Cc1cc(Cl)c(C(=O)CN(CC2(F)CCCC2)C(=O)c2cnn([C@H]3CC[C@@H](C(=O)O)CC3)c2C(F)(F)F)c(Cl)c1. The van der Waals surface area contributed by atoms with Gasteiger partial charge in [-0.25, -0.2) is 4.39 Å². The van der Waals surface area contributed by atoms with E-state index in [4.69, 9.17) is 23.2 Å². The summed E-state index contributed by atoms with van der Waals surface area (Å²) in [4.78, 5) is 39.0. The Morgan fingerprint density at radius 3 is 2.20 bits per heavy atom. The number of rotatable bonds is 8. The fourth-order valence-electron chi connectivity index (χ4n) is 5.74. The highest BCUT2D eigenvalue weighted by molar-refractivity contribution is 6.40. The van der Waals surface area contributed by atoms with Crippen molar-refractivity contribution in [1.29, 1.82) is 0 Å². The molecule has 1 heterocycles. The molecule has 2 saturated carbocycles. The van der Waals surface area contributed by atoms with E-state index in [0.29, 0.717) is 18.4 Å². The molecule has 0 radical (unpaired) electrons. The number of aryl methyl sites for hydroxylation is 1. The third kappa shape index (κ3) is 6.46. The van der Waals surface area contributed by atoms with Crippen LogP contribution in [0, 0.1) is 12.8 Å². The molecule has 2 aliphatic carbocycles.